The van der Waals surface area contributed by atoms with E-state index in [-0.39, 0.29) is 16.4 Å². The fraction of sp³-hybridized carbons (Fsp3) is 0.421. The lowest BCUT2D eigenvalue weighted by atomic mass is 10.2. The van der Waals surface area contributed by atoms with E-state index in [1.807, 2.05) is 26.8 Å². The molecule has 1 aromatic heterocycles. The summed E-state index contributed by atoms with van der Waals surface area (Å²) in [6.07, 6.45) is 0. The number of amides is 1. The number of carbonyl (C=O) groups is 1. The minimum absolute atomic E-state index is 0.158. The molecule has 28 heavy (non-hydrogen) atoms. The van der Waals surface area contributed by atoms with E-state index >= 15 is 0 Å². The number of nitrogens with zero attached hydrogens (tertiary/aromatic N) is 4. The molecule has 2 aromatic rings. The molecule has 1 saturated heterocycles. The van der Waals surface area contributed by atoms with Gasteiger partial charge in [0.1, 0.15) is 11.6 Å². The SMILES string of the molecule is Cc1cc(N2CCN(S(=O)(=O)c3ccc(C(N)=O)cc3)CC2)nc(C(C)C)n1. The van der Waals surface area contributed by atoms with Crippen LogP contribution in [0.1, 0.15) is 41.6 Å². The largest absolute Gasteiger partial charge is 0.366 e. The molecule has 0 unspecified atom stereocenters. The van der Waals surface area contributed by atoms with E-state index in [9.17, 15) is 13.2 Å². The molecule has 0 atom stereocenters. The van der Waals surface area contributed by atoms with Crippen molar-refractivity contribution in [3.8, 4) is 0 Å². The Morgan fingerprint density at radius 3 is 2.21 bits per heavy atom. The average Bonchev–Trinajstić information content (AvgIpc) is 2.67. The number of benzene rings is 1. The summed E-state index contributed by atoms with van der Waals surface area (Å²) >= 11 is 0. The third-order valence-electron chi connectivity index (χ3n) is 4.71. The van der Waals surface area contributed by atoms with E-state index in [1.54, 1.807) is 0 Å². The second-order valence-corrected chi connectivity index (χ2v) is 9.10. The second kappa shape index (κ2) is 7.84. The maximum atomic E-state index is 12.9. The van der Waals surface area contributed by atoms with Gasteiger partial charge in [-0.3, -0.25) is 4.79 Å². The van der Waals surface area contributed by atoms with Crippen molar-refractivity contribution in [1.29, 1.82) is 0 Å². The van der Waals surface area contributed by atoms with Crippen LogP contribution in [0, 0.1) is 6.92 Å². The van der Waals surface area contributed by atoms with E-state index < -0.39 is 15.9 Å². The Morgan fingerprint density at radius 1 is 1.07 bits per heavy atom. The summed E-state index contributed by atoms with van der Waals surface area (Å²) in [7, 11) is -3.62. The van der Waals surface area contributed by atoms with E-state index in [0.717, 1.165) is 17.3 Å². The topological polar surface area (TPSA) is 109 Å². The van der Waals surface area contributed by atoms with Gasteiger partial charge in [-0.1, -0.05) is 13.8 Å². The molecule has 8 nitrogen and oxygen atoms in total. The van der Waals surface area contributed by atoms with Gasteiger partial charge in [-0.2, -0.15) is 4.31 Å². The number of sulfonamides is 1. The van der Waals surface area contributed by atoms with E-state index in [0.29, 0.717) is 26.2 Å². The summed E-state index contributed by atoms with van der Waals surface area (Å²) in [6, 6.07) is 7.64. The molecule has 1 aliphatic rings. The summed E-state index contributed by atoms with van der Waals surface area (Å²) in [6.45, 7) is 7.85. The predicted octanol–water partition coefficient (Wildman–Crippen LogP) is 1.52. The molecule has 0 saturated carbocycles. The van der Waals surface area contributed by atoms with E-state index in [2.05, 4.69) is 14.9 Å². The third kappa shape index (κ3) is 4.15. The van der Waals surface area contributed by atoms with Gasteiger partial charge in [0.15, 0.2) is 0 Å². The van der Waals surface area contributed by atoms with Crippen LogP contribution in [-0.2, 0) is 10.0 Å². The number of nitrogens with two attached hydrogens (primary N) is 1. The lowest BCUT2D eigenvalue weighted by molar-refractivity contribution is 0.1000. The minimum Gasteiger partial charge on any atom is -0.366 e. The first-order chi connectivity index (χ1) is 13.2. The van der Waals surface area contributed by atoms with Crippen molar-refractivity contribution in [2.24, 2.45) is 5.73 Å². The van der Waals surface area contributed by atoms with Gasteiger partial charge < -0.3 is 10.6 Å². The van der Waals surface area contributed by atoms with Gasteiger partial charge in [-0.05, 0) is 31.2 Å². The van der Waals surface area contributed by atoms with Crippen molar-refractivity contribution in [2.45, 2.75) is 31.6 Å². The van der Waals surface area contributed by atoms with Gasteiger partial charge in [-0.25, -0.2) is 18.4 Å². The van der Waals surface area contributed by atoms with Crippen molar-refractivity contribution in [1.82, 2.24) is 14.3 Å². The van der Waals surface area contributed by atoms with Gasteiger partial charge in [0.25, 0.3) is 0 Å². The Kier molecular flexibility index (Phi) is 5.66. The monoisotopic (exact) mass is 403 g/mol. The lowest BCUT2D eigenvalue weighted by Crippen LogP contribution is -2.49. The van der Waals surface area contributed by atoms with Crippen LogP contribution in [0.4, 0.5) is 5.82 Å². The standard InChI is InChI=1S/C19H25N5O3S/c1-13(2)19-21-14(3)12-17(22-19)23-8-10-24(11-9-23)28(26,27)16-6-4-15(5-7-16)18(20)25/h4-7,12-13H,8-11H2,1-3H3,(H2,20,25). The zero-order chi connectivity index (χ0) is 20.5. The first kappa shape index (κ1) is 20.2. The quantitative estimate of drug-likeness (QED) is 0.811. The zero-order valence-electron chi connectivity index (χ0n) is 16.3. The molecule has 9 heteroatoms. The fourth-order valence-electron chi connectivity index (χ4n) is 3.09. The Balaban J connectivity index is 1.73. The highest BCUT2D eigenvalue weighted by molar-refractivity contribution is 7.89. The van der Waals surface area contributed by atoms with Crippen molar-refractivity contribution < 1.29 is 13.2 Å². The van der Waals surface area contributed by atoms with Gasteiger partial charge in [0, 0.05) is 49.4 Å². The molecule has 0 spiro atoms. The van der Waals surface area contributed by atoms with Gasteiger partial charge in [-0.15, -0.1) is 0 Å². The van der Waals surface area contributed by atoms with Crippen LogP contribution in [0.3, 0.4) is 0 Å². The van der Waals surface area contributed by atoms with Crippen LogP contribution in [0.25, 0.3) is 0 Å². The third-order valence-corrected chi connectivity index (χ3v) is 6.63. The number of hydrogen-bond donors (Lipinski definition) is 1. The number of piperazine rings is 1. The molecule has 3 rings (SSSR count). The van der Waals surface area contributed by atoms with Gasteiger partial charge in [0.05, 0.1) is 4.90 Å². The predicted molar refractivity (Wildman–Crippen MR) is 107 cm³/mol. The Hall–Kier alpha value is -2.52. The smallest absolute Gasteiger partial charge is 0.248 e. The molecule has 1 aromatic carbocycles. The maximum Gasteiger partial charge on any atom is 0.248 e. The molecule has 0 aliphatic carbocycles. The molecular weight excluding hydrogens is 378 g/mol. The second-order valence-electron chi connectivity index (χ2n) is 7.16. The Bertz CT molecular complexity index is 966. The van der Waals surface area contributed by atoms with Crippen molar-refractivity contribution in [3.05, 3.63) is 47.4 Å². The molecule has 0 bridgehead atoms. The summed E-state index contributed by atoms with van der Waals surface area (Å²) in [5, 5.41) is 0. The van der Waals surface area contributed by atoms with Crippen molar-refractivity contribution >= 4 is 21.7 Å². The van der Waals surface area contributed by atoms with Crippen LogP contribution < -0.4 is 10.6 Å². The van der Waals surface area contributed by atoms with Crippen molar-refractivity contribution in [2.75, 3.05) is 31.1 Å². The highest BCUT2D eigenvalue weighted by Crippen LogP contribution is 2.22. The summed E-state index contributed by atoms with van der Waals surface area (Å²) in [5.74, 6) is 1.26. The van der Waals surface area contributed by atoms with E-state index in [1.165, 1.54) is 28.6 Å². The Labute approximate surface area is 165 Å². The number of aryl methyl sites for hydroxylation is 1. The molecule has 2 N–H and O–H groups in total. The molecular formula is C19H25N5O3S. The van der Waals surface area contributed by atoms with Crippen LogP contribution in [-0.4, -0.2) is 54.8 Å². The van der Waals surface area contributed by atoms with Gasteiger partial charge in [0.2, 0.25) is 15.9 Å². The number of hydrogen-bond acceptors (Lipinski definition) is 6. The summed E-state index contributed by atoms with van der Waals surface area (Å²) < 4.78 is 27.2. The van der Waals surface area contributed by atoms with E-state index in [4.69, 9.17) is 5.73 Å². The first-order valence-electron chi connectivity index (χ1n) is 9.19. The number of primary amides is 1. The van der Waals surface area contributed by atoms with Crippen LogP contribution in [0.15, 0.2) is 35.2 Å². The normalized spacial score (nSPS) is 15.8. The van der Waals surface area contributed by atoms with Crippen LogP contribution in [0.5, 0.6) is 0 Å². The highest BCUT2D eigenvalue weighted by Gasteiger charge is 2.29. The molecule has 150 valence electrons. The molecule has 1 amide bonds. The lowest BCUT2D eigenvalue weighted by Gasteiger charge is -2.35. The Morgan fingerprint density at radius 2 is 1.68 bits per heavy atom. The highest BCUT2D eigenvalue weighted by atomic mass is 32.2. The number of rotatable bonds is 5. The van der Waals surface area contributed by atoms with Gasteiger partial charge >= 0.3 is 0 Å². The molecule has 1 fully saturated rings. The number of carbonyl (C=O) groups excluding carboxylic acids is 1. The minimum atomic E-state index is -3.62. The maximum absolute atomic E-state index is 12.9. The number of anilines is 1. The van der Waals surface area contributed by atoms with Crippen molar-refractivity contribution in [3.63, 3.8) is 0 Å². The summed E-state index contributed by atoms with van der Waals surface area (Å²) in [5.41, 5.74) is 6.39. The fourth-order valence-corrected chi connectivity index (χ4v) is 4.51. The van der Waals surface area contributed by atoms with Crippen LogP contribution >= 0.6 is 0 Å². The zero-order valence-corrected chi connectivity index (χ0v) is 17.1. The average molecular weight is 404 g/mol. The number of aromatic nitrogens is 2. The first-order valence-corrected chi connectivity index (χ1v) is 10.6. The van der Waals surface area contributed by atoms with Crippen LogP contribution in [0.2, 0.25) is 0 Å². The summed E-state index contributed by atoms with van der Waals surface area (Å²) in [4.78, 5) is 22.5. The molecule has 1 aliphatic heterocycles. The molecule has 2 heterocycles. The molecule has 0 radical (unpaired) electrons.